The molecule has 0 aliphatic heterocycles. The van der Waals surface area contributed by atoms with Gasteiger partial charge < -0.3 is 5.32 Å². The molecule has 2 heterocycles. The minimum atomic E-state index is -2.72. The summed E-state index contributed by atoms with van der Waals surface area (Å²) in [5.41, 5.74) is 4.63. The molecule has 29 heavy (non-hydrogen) atoms. The number of fused-ring (bicyclic) bond motifs is 1. The van der Waals surface area contributed by atoms with Crippen LogP contribution in [0.1, 0.15) is 34.8 Å². The molecule has 7 heteroatoms. The van der Waals surface area contributed by atoms with Crippen molar-refractivity contribution < 1.29 is 8.78 Å². The summed E-state index contributed by atoms with van der Waals surface area (Å²) in [6, 6.07) is 17.3. The zero-order chi connectivity index (χ0) is 20.4. The molecule has 0 aliphatic carbocycles. The molecule has 0 saturated carbocycles. The van der Waals surface area contributed by atoms with Crippen LogP contribution in [0.4, 0.5) is 14.6 Å². The van der Waals surface area contributed by atoms with Crippen molar-refractivity contribution in [2.75, 3.05) is 5.32 Å². The van der Waals surface area contributed by atoms with Gasteiger partial charge in [0.15, 0.2) is 5.82 Å². The Kier molecular flexibility index (Phi) is 5.20. The Balaban J connectivity index is 1.61. The van der Waals surface area contributed by atoms with Crippen molar-refractivity contribution >= 4 is 16.7 Å². The number of nitrogens with one attached hydrogen (secondary N) is 1. The van der Waals surface area contributed by atoms with Crippen molar-refractivity contribution in [1.29, 1.82) is 0 Å². The van der Waals surface area contributed by atoms with E-state index in [1.54, 1.807) is 12.1 Å². The fraction of sp³-hybridized carbons (Fsp3) is 0.227. The maximum Gasteiger partial charge on any atom is 0.297 e. The van der Waals surface area contributed by atoms with Gasteiger partial charge in [-0.1, -0.05) is 42.5 Å². The van der Waals surface area contributed by atoms with E-state index < -0.39 is 12.2 Å². The second-order valence-electron chi connectivity index (χ2n) is 6.89. The topological polar surface area (TPSA) is 55.6 Å². The SMILES string of the molecule is Cc1nn(Cc2ccccc2)c(C)c1CNc1nc(C(F)F)nc2ccccc12. The van der Waals surface area contributed by atoms with E-state index in [2.05, 4.69) is 32.5 Å². The maximum atomic E-state index is 13.2. The number of halogens is 2. The average Bonchev–Trinajstić information content (AvgIpc) is 2.99. The van der Waals surface area contributed by atoms with Crippen molar-refractivity contribution in [3.05, 3.63) is 82.9 Å². The number of anilines is 1. The average molecular weight is 393 g/mol. The molecule has 5 nitrogen and oxygen atoms in total. The first kappa shape index (κ1) is 19.0. The van der Waals surface area contributed by atoms with Crippen LogP contribution in [0.15, 0.2) is 54.6 Å². The Labute approximate surface area is 167 Å². The normalized spacial score (nSPS) is 11.3. The van der Waals surface area contributed by atoms with E-state index >= 15 is 0 Å². The van der Waals surface area contributed by atoms with Gasteiger partial charge in [0.25, 0.3) is 6.43 Å². The van der Waals surface area contributed by atoms with Gasteiger partial charge in [0, 0.05) is 23.2 Å². The number of nitrogens with zero attached hydrogens (tertiary/aromatic N) is 4. The highest BCUT2D eigenvalue weighted by atomic mass is 19.3. The molecule has 4 aromatic rings. The van der Waals surface area contributed by atoms with Crippen LogP contribution < -0.4 is 5.32 Å². The molecule has 2 aromatic heterocycles. The lowest BCUT2D eigenvalue weighted by Crippen LogP contribution is -2.08. The van der Waals surface area contributed by atoms with Crippen molar-refractivity contribution in [3.8, 4) is 0 Å². The first-order valence-corrected chi connectivity index (χ1v) is 9.38. The quantitative estimate of drug-likeness (QED) is 0.499. The predicted molar refractivity (Wildman–Crippen MR) is 109 cm³/mol. The highest BCUT2D eigenvalue weighted by Crippen LogP contribution is 2.25. The number of alkyl halides is 2. The van der Waals surface area contributed by atoms with Gasteiger partial charge in [-0.2, -0.15) is 5.10 Å². The second-order valence-corrected chi connectivity index (χ2v) is 6.89. The maximum absolute atomic E-state index is 13.2. The lowest BCUT2D eigenvalue weighted by atomic mass is 10.1. The van der Waals surface area contributed by atoms with Crippen LogP contribution in [0.2, 0.25) is 0 Å². The Hall–Kier alpha value is -3.35. The molecule has 0 amide bonds. The third kappa shape index (κ3) is 3.94. The molecule has 0 aliphatic rings. The van der Waals surface area contributed by atoms with E-state index in [0.29, 0.717) is 29.8 Å². The Bertz CT molecular complexity index is 1140. The third-order valence-corrected chi connectivity index (χ3v) is 4.95. The number of hydrogen-bond donors (Lipinski definition) is 1. The number of aryl methyl sites for hydroxylation is 1. The van der Waals surface area contributed by atoms with Gasteiger partial charge in [-0.05, 0) is 31.5 Å². The lowest BCUT2D eigenvalue weighted by molar-refractivity contribution is 0.141. The number of benzene rings is 2. The first-order valence-electron chi connectivity index (χ1n) is 9.38. The Morgan fingerprint density at radius 1 is 0.966 bits per heavy atom. The van der Waals surface area contributed by atoms with E-state index in [9.17, 15) is 8.78 Å². The highest BCUT2D eigenvalue weighted by Gasteiger charge is 2.16. The van der Waals surface area contributed by atoms with Gasteiger partial charge >= 0.3 is 0 Å². The van der Waals surface area contributed by atoms with Crippen LogP contribution in [0.5, 0.6) is 0 Å². The van der Waals surface area contributed by atoms with Crippen LogP contribution in [-0.4, -0.2) is 19.7 Å². The van der Waals surface area contributed by atoms with Gasteiger partial charge in [-0.25, -0.2) is 18.7 Å². The van der Waals surface area contributed by atoms with Gasteiger partial charge in [-0.3, -0.25) is 4.68 Å². The summed E-state index contributed by atoms with van der Waals surface area (Å²) in [7, 11) is 0. The largest absolute Gasteiger partial charge is 0.365 e. The molecule has 0 bridgehead atoms. The second kappa shape index (κ2) is 7.95. The number of para-hydroxylation sites is 1. The summed E-state index contributed by atoms with van der Waals surface area (Å²) in [5, 5.41) is 8.58. The molecule has 4 rings (SSSR count). The molecule has 0 spiro atoms. The minimum absolute atomic E-state index is 0.403. The number of hydrogen-bond acceptors (Lipinski definition) is 4. The number of rotatable bonds is 6. The molecule has 0 atom stereocenters. The lowest BCUT2D eigenvalue weighted by Gasteiger charge is -2.11. The van der Waals surface area contributed by atoms with Crippen molar-refractivity contribution in [3.63, 3.8) is 0 Å². The number of aromatic nitrogens is 4. The monoisotopic (exact) mass is 393 g/mol. The summed E-state index contributed by atoms with van der Waals surface area (Å²) < 4.78 is 28.4. The van der Waals surface area contributed by atoms with Crippen molar-refractivity contribution in [1.82, 2.24) is 19.7 Å². The molecule has 148 valence electrons. The van der Waals surface area contributed by atoms with Gasteiger partial charge in [0.2, 0.25) is 0 Å². The third-order valence-electron chi connectivity index (χ3n) is 4.95. The molecule has 2 aromatic carbocycles. The van der Waals surface area contributed by atoms with E-state index in [1.165, 1.54) is 5.56 Å². The van der Waals surface area contributed by atoms with E-state index in [-0.39, 0.29) is 0 Å². The zero-order valence-electron chi connectivity index (χ0n) is 16.2. The molecule has 1 N–H and O–H groups in total. The molecule has 0 radical (unpaired) electrons. The standard InChI is InChI=1S/C22H21F2N5/c1-14-18(15(2)29(28-14)13-16-8-4-3-5-9-16)12-25-21-17-10-6-7-11-19(17)26-22(27-21)20(23)24/h3-11,20H,12-13H2,1-2H3,(H,25,26,27). The predicted octanol–water partition coefficient (Wildman–Crippen LogP) is 5.04. The highest BCUT2D eigenvalue weighted by molar-refractivity contribution is 5.89. The Morgan fingerprint density at radius 2 is 1.69 bits per heavy atom. The summed E-state index contributed by atoms with van der Waals surface area (Å²) >= 11 is 0. The van der Waals surface area contributed by atoms with E-state index in [4.69, 9.17) is 0 Å². The van der Waals surface area contributed by atoms with E-state index in [0.717, 1.165) is 17.0 Å². The minimum Gasteiger partial charge on any atom is -0.365 e. The van der Waals surface area contributed by atoms with Crippen molar-refractivity contribution in [2.45, 2.75) is 33.4 Å². The van der Waals surface area contributed by atoms with Crippen LogP contribution in [0, 0.1) is 13.8 Å². The fourth-order valence-electron chi connectivity index (χ4n) is 3.40. The van der Waals surface area contributed by atoms with Crippen molar-refractivity contribution in [2.24, 2.45) is 0 Å². The van der Waals surface area contributed by atoms with Crippen LogP contribution in [-0.2, 0) is 13.1 Å². The molecule has 0 fully saturated rings. The zero-order valence-corrected chi connectivity index (χ0v) is 16.2. The van der Waals surface area contributed by atoms with E-state index in [1.807, 2.05) is 48.9 Å². The Morgan fingerprint density at radius 3 is 2.45 bits per heavy atom. The summed E-state index contributed by atoms with van der Waals surface area (Å²) in [6.07, 6.45) is -2.72. The molecule has 0 unspecified atom stereocenters. The van der Waals surface area contributed by atoms with Crippen LogP contribution >= 0.6 is 0 Å². The van der Waals surface area contributed by atoms with Gasteiger partial charge in [-0.15, -0.1) is 0 Å². The molecular formula is C22H21F2N5. The summed E-state index contributed by atoms with van der Waals surface area (Å²) in [5.74, 6) is -0.0695. The molecular weight excluding hydrogens is 372 g/mol. The van der Waals surface area contributed by atoms with Crippen LogP contribution in [0.25, 0.3) is 10.9 Å². The van der Waals surface area contributed by atoms with Gasteiger partial charge in [0.05, 0.1) is 17.8 Å². The smallest absolute Gasteiger partial charge is 0.297 e. The summed E-state index contributed by atoms with van der Waals surface area (Å²) in [4.78, 5) is 8.01. The molecule has 0 saturated heterocycles. The fourth-order valence-corrected chi connectivity index (χ4v) is 3.40. The first-order chi connectivity index (χ1) is 14.0. The van der Waals surface area contributed by atoms with Crippen LogP contribution in [0.3, 0.4) is 0 Å². The summed E-state index contributed by atoms with van der Waals surface area (Å²) in [6.45, 7) is 5.09. The van der Waals surface area contributed by atoms with Gasteiger partial charge in [0.1, 0.15) is 5.82 Å².